The number of fused-ring (bicyclic) bond motifs is 1. The van der Waals surface area contributed by atoms with Gasteiger partial charge in [0, 0.05) is 12.4 Å². The zero-order valence-electron chi connectivity index (χ0n) is 13.3. The van der Waals surface area contributed by atoms with Crippen molar-refractivity contribution in [3.8, 4) is 5.75 Å². The molecule has 0 bridgehead atoms. The molecule has 10 heteroatoms. The summed E-state index contributed by atoms with van der Waals surface area (Å²) in [6.07, 6.45) is -1.14. The van der Waals surface area contributed by atoms with Crippen molar-refractivity contribution in [1.82, 2.24) is 9.38 Å². The quantitative estimate of drug-likeness (QED) is 0.341. The summed E-state index contributed by atoms with van der Waals surface area (Å²) in [5.41, 5.74) is 7.26. The minimum Gasteiger partial charge on any atom is -0.404 e. The van der Waals surface area contributed by atoms with Crippen molar-refractivity contribution in [1.29, 1.82) is 0 Å². The van der Waals surface area contributed by atoms with Crippen LogP contribution in [0.2, 0.25) is 0 Å². The fraction of sp³-hybridized carbons (Fsp3) is 0.125. The fourth-order valence-electron chi connectivity index (χ4n) is 2.19. The van der Waals surface area contributed by atoms with E-state index in [0.29, 0.717) is 5.69 Å². The Hall–Kier alpha value is -2.50. The average molecular weight is 477 g/mol. The SMILES string of the molecule is I.NC(=NCc1cn2ccccc2n1)Nc1ccccc1OC(F)(F)F. The van der Waals surface area contributed by atoms with E-state index in [2.05, 4.69) is 20.0 Å². The van der Waals surface area contributed by atoms with Gasteiger partial charge >= 0.3 is 6.36 Å². The molecule has 0 saturated carbocycles. The number of ether oxygens (including phenoxy) is 1. The number of hydrogen-bond donors (Lipinski definition) is 2. The van der Waals surface area contributed by atoms with E-state index in [1.165, 1.54) is 18.2 Å². The molecule has 138 valence electrons. The van der Waals surface area contributed by atoms with Crippen molar-refractivity contribution in [2.45, 2.75) is 12.9 Å². The van der Waals surface area contributed by atoms with E-state index in [-0.39, 0.29) is 47.9 Å². The van der Waals surface area contributed by atoms with Crippen LogP contribution in [0.1, 0.15) is 5.69 Å². The maximum atomic E-state index is 12.4. The van der Waals surface area contributed by atoms with Crippen molar-refractivity contribution in [3.63, 3.8) is 0 Å². The number of pyridine rings is 1. The van der Waals surface area contributed by atoms with Gasteiger partial charge in [0.2, 0.25) is 0 Å². The van der Waals surface area contributed by atoms with Gasteiger partial charge in [-0.15, -0.1) is 37.1 Å². The number of halogens is 4. The highest BCUT2D eigenvalue weighted by atomic mass is 127. The molecule has 0 unspecified atom stereocenters. The van der Waals surface area contributed by atoms with Gasteiger partial charge in [0.1, 0.15) is 5.65 Å². The normalized spacial score (nSPS) is 11.9. The summed E-state index contributed by atoms with van der Waals surface area (Å²) in [6, 6.07) is 11.2. The van der Waals surface area contributed by atoms with Gasteiger partial charge in [0.15, 0.2) is 11.7 Å². The minimum absolute atomic E-state index is 0. The lowest BCUT2D eigenvalue weighted by Gasteiger charge is -2.13. The van der Waals surface area contributed by atoms with Crippen LogP contribution in [0.4, 0.5) is 18.9 Å². The first-order chi connectivity index (χ1) is 11.9. The molecule has 0 aliphatic rings. The van der Waals surface area contributed by atoms with Crippen LogP contribution in [0.5, 0.6) is 5.75 Å². The molecule has 0 aliphatic heterocycles. The monoisotopic (exact) mass is 477 g/mol. The van der Waals surface area contributed by atoms with Gasteiger partial charge in [-0.3, -0.25) is 0 Å². The van der Waals surface area contributed by atoms with Crippen LogP contribution in [0, 0.1) is 0 Å². The van der Waals surface area contributed by atoms with E-state index in [9.17, 15) is 13.2 Å². The third kappa shape index (κ3) is 5.25. The lowest BCUT2D eigenvalue weighted by Crippen LogP contribution is -2.24. The number of aliphatic imine (C=N–C) groups is 1. The van der Waals surface area contributed by atoms with Gasteiger partial charge in [-0.05, 0) is 24.3 Å². The first kappa shape index (κ1) is 19.8. The van der Waals surface area contributed by atoms with E-state index in [0.717, 1.165) is 5.65 Å². The predicted octanol–water partition coefficient (Wildman–Crippen LogP) is 3.78. The highest BCUT2D eigenvalue weighted by Gasteiger charge is 2.32. The zero-order valence-corrected chi connectivity index (χ0v) is 15.6. The number of anilines is 1. The number of alkyl halides is 3. The molecule has 1 aromatic carbocycles. The molecule has 0 saturated heterocycles. The summed E-state index contributed by atoms with van der Waals surface area (Å²) in [7, 11) is 0. The van der Waals surface area contributed by atoms with Crippen molar-refractivity contribution >= 4 is 41.3 Å². The molecule has 0 atom stereocenters. The van der Waals surface area contributed by atoms with Crippen LogP contribution in [-0.2, 0) is 6.54 Å². The van der Waals surface area contributed by atoms with E-state index in [1.807, 2.05) is 28.8 Å². The number of guanidine groups is 1. The lowest BCUT2D eigenvalue weighted by atomic mass is 10.3. The number of nitrogens with one attached hydrogen (secondary N) is 1. The first-order valence-electron chi connectivity index (χ1n) is 7.25. The highest BCUT2D eigenvalue weighted by molar-refractivity contribution is 14.0. The molecule has 0 spiro atoms. The van der Waals surface area contributed by atoms with Gasteiger partial charge in [-0.1, -0.05) is 18.2 Å². The number of imidazole rings is 1. The van der Waals surface area contributed by atoms with Crippen LogP contribution in [0.15, 0.2) is 59.9 Å². The van der Waals surface area contributed by atoms with E-state index < -0.39 is 6.36 Å². The number of para-hydroxylation sites is 2. The maximum absolute atomic E-state index is 12.4. The Morgan fingerprint density at radius 2 is 1.92 bits per heavy atom. The summed E-state index contributed by atoms with van der Waals surface area (Å²) in [5.74, 6) is -0.434. The summed E-state index contributed by atoms with van der Waals surface area (Å²) in [4.78, 5) is 8.45. The molecular weight excluding hydrogens is 462 g/mol. The summed E-state index contributed by atoms with van der Waals surface area (Å²) >= 11 is 0. The Morgan fingerprint density at radius 3 is 2.65 bits per heavy atom. The number of hydrogen-bond acceptors (Lipinski definition) is 3. The maximum Gasteiger partial charge on any atom is 0.573 e. The van der Waals surface area contributed by atoms with Crippen molar-refractivity contribution in [2.24, 2.45) is 10.7 Å². The molecule has 3 aromatic rings. The molecule has 6 nitrogen and oxygen atoms in total. The van der Waals surface area contributed by atoms with Crippen molar-refractivity contribution in [3.05, 3.63) is 60.6 Å². The molecule has 0 aliphatic carbocycles. The van der Waals surface area contributed by atoms with Gasteiger partial charge in [0.05, 0.1) is 17.9 Å². The third-order valence-corrected chi connectivity index (χ3v) is 3.20. The van der Waals surface area contributed by atoms with Crippen LogP contribution in [0.3, 0.4) is 0 Å². The van der Waals surface area contributed by atoms with E-state index in [4.69, 9.17) is 5.73 Å². The highest BCUT2D eigenvalue weighted by Crippen LogP contribution is 2.29. The molecule has 26 heavy (non-hydrogen) atoms. The van der Waals surface area contributed by atoms with Crippen LogP contribution in [0.25, 0.3) is 5.65 Å². The summed E-state index contributed by atoms with van der Waals surface area (Å²) < 4.78 is 43.0. The molecule has 0 fully saturated rings. The number of benzene rings is 1. The standard InChI is InChI=1S/C16H14F3N5O.HI/c17-16(18,19)25-13-6-2-1-5-12(13)23-15(20)21-9-11-10-24-8-4-3-7-14(24)22-11;/h1-8,10H,9H2,(H3,20,21,23);1H. The molecular formula is C16H15F3IN5O. The Balaban J connectivity index is 0.00000243. The summed E-state index contributed by atoms with van der Waals surface area (Å²) in [5, 5.41) is 2.61. The molecule has 3 N–H and O–H groups in total. The lowest BCUT2D eigenvalue weighted by molar-refractivity contribution is -0.274. The molecule has 3 rings (SSSR count). The van der Waals surface area contributed by atoms with Gasteiger partial charge < -0.3 is 20.2 Å². The van der Waals surface area contributed by atoms with Crippen LogP contribution < -0.4 is 15.8 Å². The Labute approximate surface area is 163 Å². The van der Waals surface area contributed by atoms with Crippen molar-refractivity contribution in [2.75, 3.05) is 5.32 Å². The Morgan fingerprint density at radius 1 is 1.19 bits per heavy atom. The van der Waals surface area contributed by atoms with Gasteiger partial charge in [-0.25, -0.2) is 9.98 Å². The van der Waals surface area contributed by atoms with E-state index in [1.54, 1.807) is 12.3 Å². The van der Waals surface area contributed by atoms with Gasteiger partial charge in [-0.2, -0.15) is 0 Å². The predicted molar refractivity (Wildman–Crippen MR) is 103 cm³/mol. The second kappa shape index (κ2) is 8.25. The molecule has 0 radical (unpaired) electrons. The third-order valence-electron chi connectivity index (χ3n) is 3.20. The van der Waals surface area contributed by atoms with Crippen molar-refractivity contribution < 1.29 is 17.9 Å². The Bertz CT molecular complexity index is 877. The second-order valence-electron chi connectivity index (χ2n) is 5.07. The minimum atomic E-state index is -4.79. The number of nitrogens with two attached hydrogens (primary N) is 1. The number of aromatic nitrogens is 2. The molecule has 2 heterocycles. The smallest absolute Gasteiger partial charge is 0.404 e. The van der Waals surface area contributed by atoms with Crippen LogP contribution >= 0.6 is 24.0 Å². The topological polar surface area (TPSA) is 76.9 Å². The number of rotatable bonds is 4. The van der Waals surface area contributed by atoms with Crippen LogP contribution in [-0.4, -0.2) is 21.7 Å². The second-order valence-corrected chi connectivity index (χ2v) is 5.07. The summed E-state index contributed by atoms with van der Waals surface area (Å²) in [6.45, 7) is 0.183. The fourth-order valence-corrected chi connectivity index (χ4v) is 2.19. The van der Waals surface area contributed by atoms with Gasteiger partial charge in [0.25, 0.3) is 0 Å². The Kier molecular flexibility index (Phi) is 6.29. The van der Waals surface area contributed by atoms with E-state index >= 15 is 0 Å². The average Bonchev–Trinajstić information content (AvgIpc) is 2.96. The largest absolute Gasteiger partial charge is 0.573 e. The molecule has 0 amide bonds. The zero-order chi connectivity index (χ0) is 17.9. The number of nitrogens with zero attached hydrogens (tertiary/aromatic N) is 3. The first-order valence-corrected chi connectivity index (χ1v) is 7.25. The molecule has 2 aromatic heterocycles.